The van der Waals surface area contributed by atoms with Gasteiger partial charge in [0.05, 0.1) is 0 Å². The molecule has 8 rings (SSSR count). The fourth-order valence-corrected chi connectivity index (χ4v) is 9.16. The topological polar surface area (TPSA) is 0 Å². The summed E-state index contributed by atoms with van der Waals surface area (Å²) in [7, 11) is 0. The standard InChI is InChI=1S/C29H37.C9H11.C7H7.C5H5.CH2.2ClH.Zr/c1-18-25-22-17-19-13-9-10-14-20(19)24(22)21-15-11-12-16-23(21)29(25,8)28(6,7)27(4,5)26(18,2)3;1-8(2)9-6-4-3-5-7-9;1-7-5-3-2-4-6-7;1-2-4-5-3-1;;;;/h9-11,13-15,23H,12,16-17H2,1-8H3;3-7H,1-2H3;2-6H,1H2;1-3H,4H2;1H2;2*1H;/q4*-1;;;;. The molecule has 0 radical (unpaired) electrons. The van der Waals surface area contributed by atoms with Gasteiger partial charge in [0.1, 0.15) is 0 Å². The van der Waals surface area contributed by atoms with E-state index in [1.165, 1.54) is 59.7 Å². The maximum atomic E-state index is 3.72. The van der Waals surface area contributed by atoms with Crippen LogP contribution < -0.4 is 0 Å². The average Bonchev–Trinajstić information content (AvgIpc) is 3.86. The molecular formula is C51H64Cl2Zr-4. The first kappa shape index (κ1) is 47.5. The van der Waals surface area contributed by atoms with Gasteiger partial charge in [-0.15, -0.1) is 62.4 Å². The third kappa shape index (κ3) is 8.96. The number of halogens is 2. The molecule has 0 nitrogen and oxygen atoms in total. The van der Waals surface area contributed by atoms with Gasteiger partial charge >= 0.3 is 28.4 Å². The summed E-state index contributed by atoms with van der Waals surface area (Å²) in [5.41, 5.74) is 12.7. The van der Waals surface area contributed by atoms with Crippen LogP contribution in [0.2, 0.25) is 0 Å². The molecule has 0 saturated heterocycles. The molecule has 1 fully saturated rings. The molecule has 5 aliphatic rings. The zero-order chi connectivity index (χ0) is 38.3. The van der Waals surface area contributed by atoms with E-state index in [0.717, 1.165) is 18.4 Å². The van der Waals surface area contributed by atoms with E-state index in [-0.39, 0.29) is 46.5 Å². The van der Waals surface area contributed by atoms with Crippen LogP contribution in [0.25, 0.3) is 5.57 Å². The Morgan fingerprint density at radius 2 is 1.37 bits per heavy atom. The number of benzene rings is 3. The van der Waals surface area contributed by atoms with Gasteiger partial charge in [0.15, 0.2) is 0 Å². The molecule has 1 saturated carbocycles. The van der Waals surface area contributed by atoms with Gasteiger partial charge in [-0.05, 0) is 40.6 Å². The summed E-state index contributed by atoms with van der Waals surface area (Å²) in [6.45, 7) is 28.3. The predicted octanol–water partition coefficient (Wildman–Crippen LogP) is 14.6. The van der Waals surface area contributed by atoms with Crippen molar-refractivity contribution < 1.29 is 24.2 Å². The van der Waals surface area contributed by atoms with Crippen molar-refractivity contribution in [3.05, 3.63) is 179 Å². The summed E-state index contributed by atoms with van der Waals surface area (Å²) in [5, 5.41) is 0. The van der Waals surface area contributed by atoms with E-state index in [0.29, 0.717) is 5.92 Å². The van der Waals surface area contributed by atoms with Gasteiger partial charge < -0.3 is 0 Å². The predicted molar refractivity (Wildman–Crippen MR) is 239 cm³/mol. The van der Waals surface area contributed by atoms with Crippen LogP contribution in [-0.2, 0) is 30.7 Å². The summed E-state index contributed by atoms with van der Waals surface area (Å²) >= 11 is 1.30. The quantitative estimate of drug-likeness (QED) is 0.214. The maximum absolute atomic E-state index is 3.72. The van der Waals surface area contributed by atoms with E-state index in [2.05, 4.69) is 153 Å². The van der Waals surface area contributed by atoms with Crippen molar-refractivity contribution in [3.63, 3.8) is 0 Å². The minimum absolute atomic E-state index is 0. The molecule has 0 aliphatic heterocycles. The molecule has 2 atom stereocenters. The molecule has 3 aromatic carbocycles. The first-order valence-electron chi connectivity index (χ1n) is 19.0. The van der Waals surface area contributed by atoms with Crippen molar-refractivity contribution in [1.29, 1.82) is 0 Å². The molecule has 0 heterocycles. The summed E-state index contributed by atoms with van der Waals surface area (Å²) in [5.74, 6) is 3.61. The van der Waals surface area contributed by atoms with Gasteiger partial charge in [-0.25, -0.2) is 18.1 Å². The Kier molecular flexibility index (Phi) is 17.5. The van der Waals surface area contributed by atoms with Crippen molar-refractivity contribution in [2.75, 3.05) is 0 Å². The van der Waals surface area contributed by atoms with Crippen molar-refractivity contribution >= 4 is 34.6 Å². The van der Waals surface area contributed by atoms with Gasteiger partial charge in [0, 0.05) is 0 Å². The Morgan fingerprint density at radius 1 is 0.796 bits per heavy atom. The van der Waals surface area contributed by atoms with Crippen LogP contribution in [0.3, 0.4) is 0 Å². The third-order valence-electron chi connectivity index (χ3n) is 13.6. The second kappa shape index (κ2) is 19.9. The Morgan fingerprint density at radius 3 is 1.85 bits per heavy atom. The second-order valence-corrected chi connectivity index (χ2v) is 16.6. The molecule has 2 unspecified atom stereocenters. The molecule has 5 aliphatic carbocycles. The summed E-state index contributed by atoms with van der Waals surface area (Å²) < 4.78 is 3.34. The Balaban J connectivity index is 0.000000328. The van der Waals surface area contributed by atoms with Crippen LogP contribution in [-0.4, -0.2) is 4.21 Å². The molecule has 0 aromatic heterocycles. The molecule has 0 spiro atoms. The van der Waals surface area contributed by atoms with E-state index >= 15 is 0 Å². The molecule has 0 N–H and O–H groups in total. The zero-order valence-corrected chi connectivity index (χ0v) is 38.7. The Hall–Kier alpha value is -2.70. The van der Waals surface area contributed by atoms with Gasteiger partial charge in [-0.3, -0.25) is 6.08 Å². The molecule has 290 valence electrons. The van der Waals surface area contributed by atoms with Crippen LogP contribution in [0.1, 0.15) is 111 Å². The van der Waals surface area contributed by atoms with Crippen LogP contribution in [0.4, 0.5) is 0 Å². The monoisotopic (exact) mass is 836 g/mol. The second-order valence-electron chi connectivity index (χ2n) is 16.6. The number of fused-ring (bicyclic) bond motifs is 6. The molecule has 0 bridgehead atoms. The molecule has 54 heavy (non-hydrogen) atoms. The van der Waals surface area contributed by atoms with Crippen molar-refractivity contribution in [1.82, 2.24) is 0 Å². The molecule has 0 amide bonds. The fourth-order valence-electron chi connectivity index (χ4n) is 9.16. The van der Waals surface area contributed by atoms with Crippen LogP contribution in [0.5, 0.6) is 0 Å². The van der Waals surface area contributed by atoms with Crippen molar-refractivity contribution in [3.8, 4) is 0 Å². The van der Waals surface area contributed by atoms with E-state index in [1.54, 1.807) is 28.2 Å². The molecular weight excluding hydrogens is 775 g/mol. The number of rotatable bonds is 1. The van der Waals surface area contributed by atoms with E-state index in [4.69, 9.17) is 0 Å². The van der Waals surface area contributed by atoms with Gasteiger partial charge in [0.2, 0.25) is 0 Å². The van der Waals surface area contributed by atoms with Gasteiger partial charge in [-0.2, -0.15) is 65.5 Å². The Labute approximate surface area is 358 Å². The number of allylic oxidation sites excluding steroid dienone is 10. The SMILES string of the molecule is C[C-](C)c1ccccc1.C[C-]1C2=C3Cc4ccccc4C3=C3C=CCCC3C2(C)C(C)(C)C(C)(C)C1(C)C.Cl.Cl.[C-]1=CC=CC1.[CH2-]c1ccccc1.[CH2]=[Zr]. The fraction of sp³-hybridized carbons (Fsp3) is 0.373. The first-order valence-corrected chi connectivity index (χ1v) is 20.8. The van der Waals surface area contributed by atoms with Gasteiger partial charge in [0.25, 0.3) is 0 Å². The van der Waals surface area contributed by atoms with Crippen LogP contribution >= 0.6 is 24.8 Å². The van der Waals surface area contributed by atoms with Crippen LogP contribution in [0.15, 0.2) is 132 Å². The summed E-state index contributed by atoms with van der Waals surface area (Å²) in [4.78, 5) is 0. The normalized spacial score (nSPS) is 22.2. The Bertz CT molecular complexity index is 1790. The average molecular weight is 839 g/mol. The summed E-state index contributed by atoms with van der Waals surface area (Å²) in [6, 6.07) is 29.4. The van der Waals surface area contributed by atoms with Crippen molar-refractivity contribution in [2.24, 2.45) is 27.6 Å². The van der Waals surface area contributed by atoms with E-state index in [9.17, 15) is 0 Å². The van der Waals surface area contributed by atoms with E-state index < -0.39 is 0 Å². The first-order chi connectivity index (χ1) is 24.7. The minimum atomic E-state index is 0. The van der Waals surface area contributed by atoms with Gasteiger partial charge in [-0.1, -0.05) is 139 Å². The molecule has 3 heteroatoms. The molecule has 3 aromatic rings. The third-order valence-corrected chi connectivity index (χ3v) is 13.6. The van der Waals surface area contributed by atoms with Crippen molar-refractivity contribution in [2.45, 2.75) is 94.9 Å². The summed E-state index contributed by atoms with van der Waals surface area (Å²) in [6.07, 6.45) is 18.5. The van der Waals surface area contributed by atoms with Crippen LogP contribution in [0, 0.1) is 52.4 Å². The zero-order valence-electron chi connectivity index (χ0n) is 34.6. The number of hydrogen-bond acceptors (Lipinski definition) is 0. The van der Waals surface area contributed by atoms with E-state index in [1.807, 2.05) is 48.6 Å². The number of hydrogen-bond donors (Lipinski definition) is 0.